The number of hydrogen-bond acceptors (Lipinski definition) is 8. The molecule has 11 heteroatoms. The van der Waals surface area contributed by atoms with Crippen LogP contribution in [0.5, 0.6) is 11.5 Å². The van der Waals surface area contributed by atoms with Crippen molar-refractivity contribution in [2.45, 2.75) is 18.9 Å². The Morgan fingerprint density at radius 2 is 1.70 bits per heavy atom. The van der Waals surface area contributed by atoms with E-state index in [1.165, 1.54) is 24.3 Å². The molecule has 1 saturated heterocycles. The minimum atomic E-state index is -0.971. The van der Waals surface area contributed by atoms with Gasteiger partial charge in [-0.2, -0.15) is 0 Å². The molecule has 0 aliphatic carbocycles. The number of para-hydroxylation sites is 2. The molecule has 1 fully saturated rings. The number of rotatable bonds is 5. The fourth-order valence-electron chi connectivity index (χ4n) is 3.25. The zero-order valence-electron chi connectivity index (χ0n) is 17.2. The molecule has 2 heterocycles. The van der Waals surface area contributed by atoms with E-state index in [0.717, 1.165) is 4.90 Å². The molecule has 0 spiro atoms. The molecule has 2 aliphatic heterocycles. The van der Waals surface area contributed by atoms with E-state index in [1.54, 1.807) is 24.3 Å². The molecular formula is C22H19N3O8. The van der Waals surface area contributed by atoms with E-state index in [-0.39, 0.29) is 42.5 Å². The van der Waals surface area contributed by atoms with Crippen LogP contribution in [0.25, 0.3) is 0 Å². The summed E-state index contributed by atoms with van der Waals surface area (Å²) in [4.78, 5) is 61.2. The molecule has 2 aromatic rings. The summed E-state index contributed by atoms with van der Waals surface area (Å²) in [5, 5.41) is 0. The van der Waals surface area contributed by atoms with Gasteiger partial charge in [0.2, 0.25) is 17.9 Å². The predicted octanol–water partition coefficient (Wildman–Crippen LogP) is 0.484. The first-order valence-corrected chi connectivity index (χ1v) is 10.0. The van der Waals surface area contributed by atoms with Crippen molar-refractivity contribution < 1.29 is 38.2 Å². The molecule has 0 aromatic heterocycles. The third-order valence-corrected chi connectivity index (χ3v) is 4.85. The number of amides is 4. The number of hydrogen-bond donors (Lipinski definition) is 2. The third kappa shape index (κ3) is 4.92. The molecule has 11 nitrogen and oxygen atoms in total. The Balaban J connectivity index is 1.25. The van der Waals surface area contributed by atoms with Gasteiger partial charge in [0.1, 0.15) is 6.61 Å². The van der Waals surface area contributed by atoms with E-state index >= 15 is 0 Å². The molecule has 2 N–H and O–H groups in total. The van der Waals surface area contributed by atoms with E-state index in [0.29, 0.717) is 11.5 Å². The summed E-state index contributed by atoms with van der Waals surface area (Å²) in [6, 6.07) is 12.6. The molecule has 4 rings (SSSR count). The van der Waals surface area contributed by atoms with Crippen LogP contribution in [-0.4, -0.2) is 48.9 Å². The second kappa shape index (κ2) is 9.39. The summed E-state index contributed by atoms with van der Waals surface area (Å²) in [5.74, 6) is -2.04. The summed E-state index contributed by atoms with van der Waals surface area (Å²) >= 11 is 0. The molecule has 0 saturated carbocycles. The van der Waals surface area contributed by atoms with Crippen molar-refractivity contribution >= 4 is 35.3 Å². The third-order valence-electron chi connectivity index (χ3n) is 4.85. The number of fused-ring (bicyclic) bond motifs is 1. The highest BCUT2D eigenvalue weighted by molar-refractivity contribution is 6.20. The van der Waals surface area contributed by atoms with E-state index < -0.39 is 30.5 Å². The second-order valence-electron chi connectivity index (χ2n) is 7.15. The lowest BCUT2D eigenvalue weighted by atomic mass is 10.2. The maximum atomic E-state index is 12.3. The highest BCUT2D eigenvalue weighted by Crippen LogP contribution is 2.30. The van der Waals surface area contributed by atoms with E-state index in [4.69, 9.17) is 14.2 Å². The molecule has 33 heavy (non-hydrogen) atoms. The Labute approximate surface area is 187 Å². The zero-order valence-corrected chi connectivity index (χ0v) is 17.2. The van der Waals surface area contributed by atoms with Crippen LogP contribution >= 0.6 is 0 Å². The van der Waals surface area contributed by atoms with Crippen molar-refractivity contribution in [1.82, 2.24) is 10.9 Å². The Morgan fingerprint density at radius 3 is 2.45 bits per heavy atom. The van der Waals surface area contributed by atoms with Gasteiger partial charge >= 0.3 is 5.97 Å². The molecule has 0 bridgehead atoms. The van der Waals surface area contributed by atoms with Gasteiger partial charge in [-0.25, -0.2) is 4.79 Å². The lowest BCUT2D eigenvalue weighted by Gasteiger charge is -2.25. The highest BCUT2D eigenvalue weighted by atomic mass is 16.6. The molecule has 1 atom stereocenters. The number of benzene rings is 2. The minimum absolute atomic E-state index is 0.0356. The van der Waals surface area contributed by atoms with Gasteiger partial charge in [-0.1, -0.05) is 18.2 Å². The average molecular weight is 453 g/mol. The van der Waals surface area contributed by atoms with Crippen molar-refractivity contribution in [2.24, 2.45) is 0 Å². The van der Waals surface area contributed by atoms with Crippen LogP contribution < -0.4 is 25.2 Å². The molecule has 2 aromatic carbocycles. The lowest BCUT2D eigenvalue weighted by Crippen LogP contribution is -2.51. The van der Waals surface area contributed by atoms with E-state index in [9.17, 15) is 24.0 Å². The number of nitrogens with zero attached hydrogens (tertiary/aromatic N) is 1. The monoisotopic (exact) mass is 453 g/mol. The lowest BCUT2D eigenvalue weighted by molar-refractivity contribution is -0.135. The van der Waals surface area contributed by atoms with E-state index in [2.05, 4.69) is 10.9 Å². The van der Waals surface area contributed by atoms with Gasteiger partial charge in [-0.3, -0.25) is 34.9 Å². The molecule has 170 valence electrons. The largest absolute Gasteiger partial charge is 0.485 e. The Hall–Kier alpha value is -4.41. The first-order valence-electron chi connectivity index (χ1n) is 10.0. The van der Waals surface area contributed by atoms with Gasteiger partial charge in [0.15, 0.2) is 18.1 Å². The second-order valence-corrected chi connectivity index (χ2v) is 7.15. The van der Waals surface area contributed by atoms with Crippen LogP contribution in [0, 0.1) is 0 Å². The SMILES string of the molecule is O=C(COC(=O)c1cccc(N2C(=O)CCC2=O)c1)NNC(=O)C1COc2ccccc2O1. The van der Waals surface area contributed by atoms with Crippen molar-refractivity contribution in [3.05, 3.63) is 54.1 Å². The molecule has 2 aliphatic rings. The van der Waals surface area contributed by atoms with Crippen molar-refractivity contribution in [3.63, 3.8) is 0 Å². The number of imide groups is 1. The number of carbonyl (C=O) groups excluding carboxylic acids is 5. The normalized spacial score (nSPS) is 16.8. The molecule has 0 radical (unpaired) electrons. The number of esters is 1. The van der Waals surface area contributed by atoms with Crippen LogP contribution in [0.2, 0.25) is 0 Å². The standard InChI is InChI=1S/C22H19N3O8/c26-18(23-24-21(29)17-11-31-15-6-1-2-7-16(15)33-17)12-32-22(30)13-4-3-5-14(10-13)25-19(27)8-9-20(25)28/h1-7,10,17H,8-9,11-12H2,(H,23,26)(H,24,29). The Bertz CT molecular complexity index is 1120. The van der Waals surface area contributed by atoms with Crippen LogP contribution in [0.1, 0.15) is 23.2 Å². The number of hydrazine groups is 1. The Kier molecular flexibility index (Phi) is 6.20. The summed E-state index contributed by atoms with van der Waals surface area (Å²) in [7, 11) is 0. The number of nitrogens with one attached hydrogen (secondary N) is 2. The number of anilines is 1. The van der Waals surface area contributed by atoms with Gasteiger partial charge < -0.3 is 14.2 Å². The molecular weight excluding hydrogens is 434 g/mol. The maximum Gasteiger partial charge on any atom is 0.338 e. The molecule has 1 unspecified atom stereocenters. The topological polar surface area (TPSA) is 140 Å². The van der Waals surface area contributed by atoms with Crippen molar-refractivity contribution in [1.29, 1.82) is 0 Å². The van der Waals surface area contributed by atoms with Gasteiger partial charge in [0.05, 0.1) is 11.3 Å². The Morgan fingerprint density at radius 1 is 0.970 bits per heavy atom. The first-order chi connectivity index (χ1) is 15.9. The molecule has 4 amide bonds. The van der Waals surface area contributed by atoms with Crippen LogP contribution in [-0.2, 0) is 23.9 Å². The average Bonchev–Trinajstić information content (AvgIpc) is 3.18. The zero-order chi connectivity index (χ0) is 23.4. The summed E-state index contributed by atoms with van der Waals surface area (Å²) in [6.07, 6.45) is -0.741. The predicted molar refractivity (Wildman–Crippen MR) is 111 cm³/mol. The summed E-state index contributed by atoms with van der Waals surface area (Å²) < 4.78 is 15.9. The fraction of sp³-hybridized carbons (Fsp3) is 0.227. The van der Waals surface area contributed by atoms with Crippen LogP contribution in [0.15, 0.2) is 48.5 Å². The van der Waals surface area contributed by atoms with Crippen molar-refractivity contribution in [3.8, 4) is 11.5 Å². The number of ether oxygens (including phenoxy) is 3. The smallest absolute Gasteiger partial charge is 0.338 e. The fourth-order valence-corrected chi connectivity index (χ4v) is 3.25. The maximum absolute atomic E-state index is 12.3. The van der Waals surface area contributed by atoms with Crippen LogP contribution in [0.3, 0.4) is 0 Å². The van der Waals surface area contributed by atoms with Gasteiger partial charge in [0.25, 0.3) is 11.8 Å². The number of carbonyl (C=O) groups is 5. The van der Waals surface area contributed by atoms with E-state index in [1.807, 2.05) is 0 Å². The first kappa shape index (κ1) is 21.8. The van der Waals surface area contributed by atoms with Crippen LogP contribution in [0.4, 0.5) is 5.69 Å². The van der Waals surface area contributed by atoms with Gasteiger partial charge in [0, 0.05) is 12.8 Å². The summed E-state index contributed by atoms with van der Waals surface area (Å²) in [5.41, 5.74) is 4.63. The highest BCUT2D eigenvalue weighted by Gasteiger charge is 2.31. The van der Waals surface area contributed by atoms with Gasteiger partial charge in [-0.15, -0.1) is 0 Å². The minimum Gasteiger partial charge on any atom is -0.485 e. The quantitative estimate of drug-likeness (QED) is 0.379. The van der Waals surface area contributed by atoms with Crippen molar-refractivity contribution in [2.75, 3.05) is 18.1 Å². The summed E-state index contributed by atoms with van der Waals surface area (Å²) in [6.45, 7) is -0.707. The van der Waals surface area contributed by atoms with Gasteiger partial charge in [-0.05, 0) is 30.3 Å².